The normalized spacial score (nSPS) is 33.5. The lowest BCUT2D eigenvalue weighted by atomic mass is 10.2. The van der Waals surface area contributed by atoms with Crippen molar-refractivity contribution in [2.24, 2.45) is 0 Å². The molecule has 0 saturated carbocycles. The van der Waals surface area contributed by atoms with Crippen LogP contribution in [0.15, 0.2) is 0 Å². The Hall–Kier alpha value is 0.390. The first-order valence-corrected chi connectivity index (χ1v) is 6.96. The van der Waals surface area contributed by atoms with Crippen LogP contribution in [-0.4, -0.2) is 36.5 Å². The van der Waals surface area contributed by atoms with Gasteiger partial charge in [-0.2, -0.15) is 0 Å². The Kier molecular flexibility index (Phi) is 3.10. The molecule has 5 heteroatoms. The molecule has 0 aromatic rings. The van der Waals surface area contributed by atoms with Gasteiger partial charge in [-0.25, -0.2) is 8.42 Å². The molecule has 1 saturated heterocycles. The van der Waals surface area contributed by atoms with Crippen molar-refractivity contribution in [3.05, 3.63) is 0 Å². The van der Waals surface area contributed by atoms with Gasteiger partial charge in [-0.15, -0.1) is 0 Å². The van der Waals surface area contributed by atoms with Gasteiger partial charge >= 0.3 is 0 Å². The highest BCUT2D eigenvalue weighted by atomic mass is 79.9. The van der Waals surface area contributed by atoms with Crippen molar-refractivity contribution >= 4 is 25.8 Å². The van der Waals surface area contributed by atoms with Gasteiger partial charge in [-0.05, 0) is 20.8 Å². The molecule has 0 spiro atoms. The van der Waals surface area contributed by atoms with Crippen LogP contribution in [0.4, 0.5) is 0 Å². The zero-order valence-corrected chi connectivity index (χ0v) is 10.5. The van der Waals surface area contributed by atoms with Gasteiger partial charge in [0.2, 0.25) is 0 Å². The van der Waals surface area contributed by atoms with E-state index in [-0.39, 0.29) is 28.0 Å². The van der Waals surface area contributed by atoms with E-state index in [2.05, 4.69) is 15.9 Å². The molecular formula is C8H15BrO3S. The van der Waals surface area contributed by atoms with Crippen LogP contribution in [0.3, 0.4) is 0 Å². The molecule has 0 bridgehead atoms. The van der Waals surface area contributed by atoms with E-state index in [4.69, 9.17) is 4.74 Å². The zero-order valence-electron chi connectivity index (χ0n) is 8.08. The first-order valence-electron chi connectivity index (χ1n) is 4.22. The van der Waals surface area contributed by atoms with Crippen molar-refractivity contribution < 1.29 is 13.2 Å². The molecule has 78 valence electrons. The fourth-order valence-corrected chi connectivity index (χ4v) is 4.72. The summed E-state index contributed by atoms with van der Waals surface area (Å²) < 4.78 is 28.1. The van der Waals surface area contributed by atoms with Gasteiger partial charge in [-0.3, -0.25) is 0 Å². The summed E-state index contributed by atoms with van der Waals surface area (Å²) >= 11 is 3.33. The Balaban J connectivity index is 2.64. The molecule has 0 N–H and O–H groups in total. The molecule has 0 aromatic carbocycles. The number of alkyl halides is 1. The van der Waals surface area contributed by atoms with E-state index < -0.39 is 9.84 Å². The Morgan fingerprint density at radius 3 is 2.15 bits per heavy atom. The molecule has 2 unspecified atom stereocenters. The molecule has 0 radical (unpaired) electrons. The van der Waals surface area contributed by atoms with Crippen LogP contribution < -0.4 is 0 Å². The number of hydrogen-bond acceptors (Lipinski definition) is 3. The number of hydrogen-bond donors (Lipinski definition) is 0. The molecule has 1 rings (SSSR count). The maximum Gasteiger partial charge on any atom is 0.154 e. The van der Waals surface area contributed by atoms with E-state index in [1.807, 2.05) is 20.8 Å². The van der Waals surface area contributed by atoms with Crippen LogP contribution in [-0.2, 0) is 14.6 Å². The lowest BCUT2D eigenvalue weighted by Crippen LogP contribution is -2.32. The van der Waals surface area contributed by atoms with Crippen molar-refractivity contribution in [1.82, 2.24) is 0 Å². The molecule has 1 heterocycles. The zero-order chi connectivity index (χ0) is 10.3. The summed E-state index contributed by atoms with van der Waals surface area (Å²) in [5.74, 6) is 0.327. The summed E-state index contributed by atoms with van der Waals surface area (Å²) in [5.41, 5.74) is -0.281. The lowest BCUT2D eigenvalue weighted by molar-refractivity contribution is -0.0443. The third kappa shape index (κ3) is 3.56. The van der Waals surface area contributed by atoms with Crippen LogP contribution in [0.2, 0.25) is 0 Å². The highest BCUT2D eigenvalue weighted by Crippen LogP contribution is 2.26. The molecule has 0 aromatic heterocycles. The van der Waals surface area contributed by atoms with Crippen LogP contribution in [0, 0.1) is 0 Å². The van der Waals surface area contributed by atoms with Crippen LogP contribution in [0.1, 0.15) is 20.8 Å². The number of halogens is 1. The summed E-state index contributed by atoms with van der Waals surface area (Å²) in [6.45, 7) is 5.78. The molecule has 1 fully saturated rings. The topological polar surface area (TPSA) is 43.4 Å². The van der Waals surface area contributed by atoms with Crippen LogP contribution in [0.5, 0.6) is 0 Å². The third-order valence-electron chi connectivity index (χ3n) is 1.74. The van der Waals surface area contributed by atoms with Crippen molar-refractivity contribution in [1.29, 1.82) is 0 Å². The van der Waals surface area contributed by atoms with Gasteiger partial charge < -0.3 is 4.74 Å². The molecule has 2 atom stereocenters. The molecule has 1 aliphatic heterocycles. The Morgan fingerprint density at radius 2 is 1.85 bits per heavy atom. The highest BCUT2D eigenvalue weighted by Gasteiger charge is 2.38. The van der Waals surface area contributed by atoms with Gasteiger partial charge in [0.15, 0.2) is 9.84 Å². The van der Waals surface area contributed by atoms with Crippen molar-refractivity contribution in [3.63, 3.8) is 0 Å². The van der Waals surface area contributed by atoms with Gasteiger partial charge in [0.05, 0.1) is 28.0 Å². The monoisotopic (exact) mass is 270 g/mol. The predicted octanol–water partition coefficient (Wildman–Crippen LogP) is 1.36. The third-order valence-corrected chi connectivity index (χ3v) is 4.79. The van der Waals surface area contributed by atoms with E-state index in [0.29, 0.717) is 0 Å². The minimum absolute atomic E-state index is 0.0586. The van der Waals surface area contributed by atoms with E-state index in [0.717, 1.165) is 0 Å². The van der Waals surface area contributed by atoms with E-state index >= 15 is 0 Å². The fraction of sp³-hybridized carbons (Fsp3) is 1.00. The van der Waals surface area contributed by atoms with Crippen molar-refractivity contribution in [2.45, 2.75) is 37.3 Å². The summed E-state index contributed by atoms with van der Waals surface area (Å²) in [4.78, 5) is -0.0586. The van der Waals surface area contributed by atoms with Crippen LogP contribution in [0.25, 0.3) is 0 Å². The average molecular weight is 271 g/mol. The second kappa shape index (κ2) is 3.51. The summed E-state index contributed by atoms with van der Waals surface area (Å²) in [5, 5.41) is 0. The predicted molar refractivity (Wildman–Crippen MR) is 56.0 cm³/mol. The number of rotatable bonds is 1. The molecule has 1 aliphatic rings. The first-order chi connectivity index (χ1) is 5.70. The Bertz CT molecular complexity index is 278. The van der Waals surface area contributed by atoms with E-state index in [1.165, 1.54) is 0 Å². The minimum Gasteiger partial charge on any atom is -0.370 e. The quantitative estimate of drug-likeness (QED) is 0.676. The fourth-order valence-electron chi connectivity index (χ4n) is 1.33. The standard InChI is InChI=1S/C8H15BrO3S/c1-8(2,3)12-7-5-13(10,11)4-6(7)9/h6-7H,4-5H2,1-3H3. The maximum absolute atomic E-state index is 11.2. The smallest absolute Gasteiger partial charge is 0.154 e. The lowest BCUT2D eigenvalue weighted by Gasteiger charge is -2.25. The van der Waals surface area contributed by atoms with Gasteiger partial charge in [0.25, 0.3) is 0 Å². The van der Waals surface area contributed by atoms with Gasteiger partial charge in [0.1, 0.15) is 0 Å². The van der Waals surface area contributed by atoms with Crippen LogP contribution >= 0.6 is 15.9 Å². The molecular weight excluding hydrogens is 256 g/mol. The van der Waals surface area contributed by atoms with Crippen molar-refractivity contribution in [3.8, 4) is 0 Å². The molecule has 13 heavy (non-hydrogen) atoms. The SMILES string of the molecule is CC(C)(C)OC1CS(=O)(=O)CC1Br. The first kappa shape index (κ1) is 11.5. The summed E-state index contributed by atoms with van der Waals surface area (Å²) in [6, 6.07) is 0. The highest BCUT2D eigenvalue weighted by molar-refractivity contribution is 9.09. The van der Waals surface area contributed by atoms with Gasteiger partial charge in [0, 0.05) is 0 Å². The largest absolute Gasteiger partial charge is 0.370 e. The summed E-state index contributed by atoms with van der Waals surface area (Å²) in [6.07, 6.45) is -0.204. The minimum atomic E-state index is -2.89. The second-order valence-electron chi connectivity index (χ2n) is 4.36. The van der Waals surface area contributed by atoms with Crippen molar-refractivity contribution in [2.75, 3.05) is 11.5 Å². The number of sulfone groups is 1. The average Bonchev–Trinajstić information content (AvgIpc) is 2.00. The number of ether oxygens (including phenoxy) is 1. The van der Waals surface area contributed by atoms with E-state index in [9.17, 15) is 8.42 Å². The molecule has 0 aliphatic carbocycles. The van der Waals surface area contributed by atoms with E-state index in [1.54, 1.807) is 0 Å². The molecule has 0 amide bonds. The van der Waals surface area contributed by atoms with Gasteiger partial charge in [-0.1, -0.05) is 15.9 Å². The Labute approximate surface area is 87.9 Å². The molecule has 3 nitrogen and oxygen atoms in total. The Morgan fingerprint density at radius 1 is 1.31 bits per heavy atom. The summed E-state index contributed by atoms with van der Waals surface area (Å²) in [7, 11) is -2.89. The second-order valence-corrected chi connectivity index (χ2v) is 7.69. The maximum atomic E-state index is 11.2.